The highest BCUT2D eigenvalue weighted by Crippen LogP contribution is 2.39. The van der Waals surface area contributed by atoms with Crippen LogP contribution >= 0.6 is 11.8 Å². The fourth-order valence-electron chi connectivity index (χ4n) is 5.79. The highest BCUT2D eigenvalue weighted by molar-refractivity contribution is 8.18. The number of methoxy groups -OCH3 is 1. The van der Waals surface area contributed by atoms with Crippen molar-refractivity contribution in [3.05, 3.63) is 63.6 Å². The van der Waals surface area contributed by atoms with Crippen molar-refractivity contribution in [2.45, 2.75) is 44.8 Å². The number of aliphatic imine (C=N–C) groups is 1. The van der Waals surface area contributed by atoms with E-state index < -0.39 is 35.6 Å². The Labute approximate surface area is 261 Å². The first-order valence-electron chi connectivity index (χ1n) is 14.6. The summed E-state index contributed by atoms with van der Waals surface area (Å²) < 4.78 is 90.5. The zero-order chi connectivity index (χ0) is 32.4. The number of piperidine rings is 1. The van der Waals surface area contributed by atoms with Crippen LogP contribution in [-0.2, 0) is 23.8 Å². The van der Waals surface area contributed by atoms with Gasteiger partial charge in [0.2, 0.25) is 0 Å². The number of ether oxygens (including phenoxy) is 2. The summed E-state index contributed by atoms with van der Waals surface area (Å²) in [5, 5.41) is 4.14. The van der Waals surface area contributed by atoms with Crippen molar-refractivity contribution in [2.24, 2.45) is 10.9 Å². The fourth-order valence-corrected chi connectivity index (χ4v) is 6.75. The number of amidine groups is 1. The molecule has 0 aliphatic carbocycles. The average molecular weight is 657 g/mol. The average Bonchev–Trinajstić information content (AvgIpc) is 3.39. The smallest absolute Gasteiger partial charge is 0.416 e. The van der Waals surface area contributed by atoms with Crippen molar-refractivity contribution in [3.8, 4) is 11.5 Å². The van der Waals surface area contributed by atoms with E-state index >= 15 is 0 Å². The number of rotatable bonds is 7. The van der Waals surface area contributed by atoms with Gasteiger partial charge in [-0.1, -0.05) is 12.1 Å². The maximum absolute atomic E-state index is 13.5. The quantitative estimate of drug-likeness (QED) is 0.278. The minimum absolute atomic E-state index is 0.0768. The second-order valence-corrected chi connectivity index (χ2v) is 12.3. The molecule has 0 spiro atoms. The third kappa shape index (κ3) is 7.95. The normalized spacial score (nSPS) is 21.6. The number of halogens is 6. The summed E-state index contributed by atoms with van der Waals surface area (Å²) in [4.78, 5) is 22.1. The molecule has 14 heteroatoms. The predicted molar refractivity (Wildman–Crippen MR) is 160 cm³/mol. The van der Waals surface area contributed by atoms with Crippen LogP contribution < -0.4 is 14.8 Å². The minimum Gasteiger partial charge on any atom is -0.493 e. The van der Waals surface area contributed by atoms with E-state index in [2.05, 4.69) is 27.0 Å². The molecule has 3 aliphatic rings. The van der Waals surface area contributed by atoms with Crippen LogP contribution in [0.15, 0.2) is 46.3 Å². The molecule has 2 saturated heterocycles. The number of hydrogen-bond donors (Lipinski definition) is 1. The molecule has 0 aromatic heterocycles. The fraction of sp³-hybridized carbons (Fsp3) is 0.484. The second-order valence-electron chi connectivity index (χ2n) is 11.2. The molecule has 2 aromatic carbocycles. The number of thioether (sulfide) groups is 1. The lowest BCUT2D eigenvalue weighted by Gasteiger charge is -2.42. The molecule has 3 heterocycles. The van der Waals surface area contributed by atoms with Gasteiger partial charge in [0.1, 0.15) is 6.61 Å². The van der Waals surface area contributed by atoms with Crippen molar-refractivity contribution < 1.29 is 40.6 Å². The Morgan fingerprint density at radius 3 is 2.44 bits per heavy atom. The van der Waals surface area contributed by atoms with E-state index in [1.165, 1.54) is 37.8 Å². The summed E-state index contributed by atoms with van der Waals surface area (Å²) in [5.41, 5.74) is -2.70. The highest BCUT2D eigenvalue weighted by Gasteiger charge is 2.38. The number of amides is 1. The molecular formula is C31H34F6N4O3S. The maximum Gasteiger partial charge on any atom is 0.416 e. The Hall–Kier alpha value is -3.23. The van der Waals surface area contributed by atoms with Crippen LogP contribution in [0.4, 0.5) is 26.3 Å². The van der Waals surface area contributed by atoms with E-state index in [0.717, 1.165) is 45.3 Å². The topological polar surface area (TPSA) is 66.4 Å². The summed E-state index contributed by atoms with van der Waals surface area (Å²) in [6.45, 7) is 7.10. The van der Waals surface area contributed by atoms with Gasteiger partial charge in [-0.2, -0.15) is 31.3 Å². The van der Waals surface area contributed by atoms with E-state index in [1.54, 1.807) is 18.2 Å². The summed E-state index contributed by atoms with van der Waals surface area (Å²) in [6, 6.07) is 6.54. The molecule has 0 saturated carbocycles. The van der Waals surface area contributed by atoms with Gasteiger partial charge in [0, 0.05) is 37.8 Å². The molecule has 2 unspecified atom stereocenters. The molecule has 0 bridgehead atoms. The molecule has 2 aromatic rings. The lowest BCUT2D eigenvalue weighted by Crippen LogP contribution is -2.54. The minimum atomic E-state index is -5.01. The molecule has 5 rings (SSSR count). The molecule has 1 N–H and O–H groups in total. The van der Waals surface area contributed by atoms with Gasteiger partial charge in [-0.25, -0.2) is 0 Å². The zero-order valence-electron chi connectivity index (χ0n) is 24.8. The van der Waals surface area contributed by atoms with Crippen LogP contribution in [0.2, 0.25) is 0 Å². The Morgan fingerprint density at radius 1 is 1.04 bits per heavy atom. The Morgan fingerprint density at radius 2 is 1.80 bits per heavy atom. The number of benzene rings is 2. The van der Waals surface area contributed by atoms with Gasteiger partial charge in [0.05, 0.1) is 23.1 Å². The predicted octanol–water partition coefficient (Wildman–Crippen LogP) is 6.29. The number of carbonyl (C=O) groups is 1. The van der Waals surface area contributed by atoms with Crippen LogP contribution in [0, 0.1) is 5.92 Å². The summed E-state index contributed by atoms with van der Waals surface area (Å²) in [6.07, 6.45) is -5.84. The molecule has 244 valence electrons. The van der Waals surface area contributed by atoms with Crippen molar-refractivity contribution in [1.82, 2.24) is 15.1 Å². The first-order valence-corrected chi connectivity index (χ1v) is 15.5. The van der Waals surface area contributed by atoms with E-state index in [0.29, 0.717) is 33.7 Å². The lowest BCUT2D eigenvalue weighted by atomic mass is 9.91. The molecular weight excluding hydrogens is 622 g/mol. The Kier molecular flexibility index (Phi) is 10.0. The first kappa shape index (κ1) is 33.1. The van der Waals surface area contributed by atoms with Gasteiger partial charge in [-0.15, -0.1) is 0 Å². The van der Waals surface area contributed by atoms with Gasteiger partial charge >= 0.3 is 12.4 Å². The number of hydrogen-bond acceptors (Lipinski definition) is 7. The first-order chi connectivity index (χ1) is 21.3. The Bertz CT molecular complexity index is 1450. The summed E-state index contributed by atoms with van der Waals surface area (Å²) in [5.74, 6) is 0.543. The second kappa shape index (κ2) is 13.6. The van der Waals surface area contributed by atoms with Gasteiger partial charge < -0.3 is 19.7 Å². The number of alkyl halides is 6. The molecule has 0 radical (unpaired) electrons. The largest absolute Gasteiger partial charge is 0.493 e. The monoisotopic (exact) mass is 656 g/mol. The van der Waals surface area contributed by atoms with E-state index in [4.69, 9.17) is 9.47 Å². The van der Waals surface area contributed by atoms with Crippen molar-refractivity contribution in [1.29, 1.82) is 0 Å². The van der Waals surface area contributed by atoms with Crippen molar-refractivity contribution >= 4 is 28.9 Å². The lowest BCUT2D eigenvalue weighted by molar-refractivity contribution is -0.143. The molecule has 1 amide bonds. The van der Waals surface area contributed by atoms with Gasteiger partial charge in [0.25, 0.3) is 5.91 Å². The molecule has 7 nitrogen and oxygen atoms in total. The summed E-state index contributed by atoms with van der Waals surface area (Å²) >= 11 is 1.29. The maximum atomic E-state index is 13.5. The van der Waals surface area contributed by atoms with E-state index in [1.807, 2.05) is 0 Å². The molecule has 45 heavy (non-hydrogen) atoms. The third-order valence-electron chi connectivity index (χ3n) is 8.40. The number of carbonyl (C=O) groups excluding carboxylic acids is 1. The van der Waals surface area contributed by atoms with Crippen LogP contribution in [-0.4, -0.2) is 73.3 Å². The zero-order valence-corrected chi connectivity index (χ0v) is 25.6. The van der Waals surface area contributed by atoms with Crippen LogP contribution in [0.1, 0.15) is 42.0 Å². The summed E-state index contributed by atoms with van der Waals surface area (Å²) in [7, 11) is 1.35. The molecule has 2 fully saturated rings. The van der Waals surface area contributed by atoms with Gasteiger partial charge in [-0.05, 0) is 86.4 Å². The van der Waals surface area contributed by atoms with E-state index in [-0.39, 0.29) is 23.5 Å². The van der Waals surface area contributed by atoms with Crippen LogP contribution in [0.5, 0.6) is 11.5 Å². The van der Waals surface area contributed by atoms with E-state index in [9.17, 15) is 31.1 Å². The third-order valence-corrected chi connectivity index (χ3v) is 9.44. The van der Waals surface area contributed by atoms with Crippen LogP contribution in [0.25, 0.3) is 6.08 Å². The number of nitrogens with one attached hydrogen (secondary N) is 1. The SMILES string of the molecule is COc1cc(C=C2SC(N3CCN(C(C)C4CCCNC4)CC3)=NC2=O)ccc1OCc1ccc(C(F)(F)F)cc1C(F)(F)F. The van der Waals surface area contributed by atoms with Crippen molar-refractivity contribution in [2.75, 3.05) is 46.4 Å². The standard InChI is InChI=1S/C31H34F6N4O3S/c1-19(21-4-3-9-38-17-21)40-10-12-41(13-11-40)29-39-28(42)27(45-29)15-20-5-8-25(26(14-20)43-2)44-18-22-6-7-23(30(32,33)34)16-24(22)31(35,36)37/h5-8,14-16,19,21,38H,3-4,9-13,17-18H2,1-2H3. The van der Waals surface area contributed by atoms with Crippen molar-refractivity contribution in [3.63, 3.8) is 0 Å². The number of piperazine rings is 1. The van der Waals surface area contributed by atoms with Gasteiger partial charge in [-0.3, -0.25) is 9.69 Å². The van der Waals surface area contributed by atoms with Gasteiger partial charge in [0.15, 0.2) is 16.7 Å². The molecule has 2 atom stereocenters. The highest BCUT2D eigenvalue weighted by atomic mass is 32.2. The van der Waals surface area contributed by atoms with Crippen LogP contribution in [0.3, 0.4) is 0 Å². The molecule has 3 aliphatic heterocycles. The Balaban J connectivity index is 1.21. The number of nitrogens with zero attached hydrogens (tertiary/aromatic N) is 3.